The van der Waals surface area contributed by atoms with Crippen LogP contribution in [0.25, 0.3) is 0 Å². The maximum Gasteiger partial charge on any atom is 0.187 e. The predicted molar refractivity (Wildman–Crippen MR) is 61.2 cm³/mol. The van der Waals surface area contributed by atoms with Crippen LogP contribution >= 0.6 is 0 Å². The number of nitrogens with zero attached hydrogens (tertiary/aromatic N) is 2. The number of ketones is 1. The molecule has 0 aliphatic heterocycles. The molecule has 0 saturated carbocycles. The largest absolute Gasteiger partial charge is 0.292 e. The Morgan fingerprint density at radius 3 is 2.82 bits per heavy atom. The first-order valence-electron chi connectivity index (χ1n) is 5.21. The summed E-state index contributed by atoms with van der Waals surface area (Å²) in [7, 11) is 0. The zero-order valence-corrected chi connectivity index (χ0v) is 9.35. The quantitative estimate of drug-likeness (QED) is 0.760. The molecule has 3 nitrogen and oxygen atoms in total. The van der Waals surface area contributed by atoms with Gasteiger partial charge >= 0.3 is 0 Å². The summed E-state index contributed by atoms with van der Waals surface area (Å²) in [6.45, 7) is 1.78. The average molecular weight is 230 g/mol. The van der Waals surface area contributed by atoms with Gasteiger partial charge in [0.15, 0.2) is 5.78 Å². The maximum atomic E-state index is 12.9. The Morgan fingerprint density at radius 1 is 1.35 bits per heavy atom. The van der Waals surface area contributed by atoms with Crippen LogP contribution in [0, 0.1) is 12.7 Å². The van der Waals surface area contributed by atoms with Gasteiger partial charge in [-0.2, -0.15) is 0 Å². The van der Waals surface area contributed by atoms with Crippen LogP contribution in [0.4, 0.5) is 4.39 Å². The number of hydrogen-bond donors (Lipinski definition) is 0. The molecule has 1 aromatic heterocycles. The summed E-state index contributed by atoms with van der Waals surface area (Å²) in [5.74, 6) is -0.411. The van der Waals surface area contributed by atoms with Gasteiger partial charge in [0, 0.05) is 18.8 Å². The smallest absolute Gasteiger partial charge is 0.187 e. The number of halogens is 1. The molecule has 0 saturated heterocycles. The molecule has 0 bridgehead atoms. The lowest BCUT2D eigenvalue weighted by Gasteiger charge is -2.04. The van der Waals surface area contributed by atoms with Crippen LogP contribution < -0.4 is 0 Å². The van der Waals surface area contributed by atoms with Crippen molar-refractivity contribution < 1.29 is 9.18 Å². The number of Topliss-reactive ketones (excluding diaryl/α,β-unsaturated/α-hetero) is 1. The second-order valence-electron chi connectivity index (χ2n) is 3.76. The molecule has 1 heterocycles. The van der Waals surface area contributed by atoms with Crippen LogP contribution in [0.5, 0.6) is 0 Å². The second-order valence-corrected chi connectivity index (χ2v) is 3.76. The fourth-order valence-electron chi connectivity index (χ4n) is 1.56. The second kappa shape index (κ2) is 4.82. The Bertz CT molecular complexity index is 540. The highest BCUT2D eigenvalue weighted by molar-refractivity contribution is 5.95. The Kier molecular flexibility index (Phi) is 3.23. The summed E-state index contributed by atoms with van der Waals surface area (Å²) >= 11 is 0. The molecular formula is C13H11FN2O. The van der Waals surface area contributed by atoms with Crippen LogP contribution in [0.1, 0.15) is 21.6 Å². The molecule has 0 radical (unpaired) electrons. The highest BCUT2D eigenvalue weighted by Gasteiger charge is 2.10. The van der Waals surface area contributed by atoms with Gasteiger partial charge in [-0.1, -0.05) is 6.07 Å². The van der Waals surface area contributed by atoms with Crippen LogP contribution in [0.15, 0.2) is 36.8 Å². The fourth-order valence-corrected chi connectivity index (χ4v) is 1.56. The van der Waals surface area contributed by atoms with E-state index in [-0.39, 0.29) is 18.0 Å². The van der Waals surface area contributed by atoms with Crippen molar-refractivity contribution in [1.29, 1.82) is 0 Å². The summed E-state index contributed by atoms with van der Waals surface area (Å²) < 4.78 is 12.9. The lowest BCUT2D eigenvalue weighted by molar-refractivity contribution is 0.0987. The van der Waals surface area contributed by atoms with Gasteiger partial charge in [-0.25, -0.2) is 9.37 Å². The molecule has 2 aromatic rings. The minimum atomic E-state index is -0.293. The molecule has 0 atom stereocenters. The number of benzene rings is 1. The van der Waals surface area contributed by atoms with Gasteiger partial charge in [0.2, 0.25) is 0 Å². The zero-order valence-electron chi connectivity index (χ0n) is 9.35. The van der Waals surface area contributed by atoms with E-state index < -0.39 is 0 Å². The minimum absolute atomic E-state index is 0.118. The van der Waals surface area contributed by atoms with Gasteiger partial charge < -0.3 is 0 Å². The molecule has 0 fully saturated rings. The van der Waals surface area contributed by atoms with Crippen molar-refractivity contribution in [3.63, 3.8) is 0 Å². The zero-order chi connectivity index (χ0) is 12.3. The van der Waals surface area contributed by atoms with E-state index in [1.807, 2.05) is 0 Å². The third-order valence-corrected chi connectivity index (χ3v) is 2.50. The van der Waals surface area contributed by atoms with E-state index in [9.17, 15) is 9.18 Å². The number of aryl methyl sites for hydroxylation is 1. The predicted octanol–water partition coefficient (Wildman–Crippen LogP) is 2.35. The summed E-state index contributed by atoms with van der Waals surface area (Å²) in [6, 6.07) is 4.39. The van der Waals surface area contributed by atoms with Crippen molar-refractivity contribution in [2.24, 2.45) is 0 Å². The average Bonchev–Trinajstić information content (AvgIpc) is 2.34. The maximum absolute atomic E-state index is 12.9. The molecule has 0 unspecified atom stereocenters. The number of carbonyl (C=O) groups excluding carboxylic acids is 1. The standard InChI is InChI=1S/C13H11FN2O/c1-9-6-11(14)3-2-10(9)7-13(17)12-8-15-4-5-16-12/h2-6,8H,7H2,1H3. The molecule has 4 heteroatoms. The van der Waals surface area contributed by atoms with Crippen LogP contribution in [-0.2, 0) is 6.42 Å². The van der Waals surface area contributed by atoms with E-state index in [0.717, 1.165) is 11.1 Å². The van der Waals surface area contributed by atoms with E-state index in [4.69, 9.17) is 0 Å². The van der Waals surface area contributed by atoms with Crippen molar-refractivity contribution in [3.8, 4) is 0 Å². The van der Waals surface area contributed by atoms with Crippen LogP contribution in [0.3, 0.4) is 0 Å². The van der Waals surface area contributed by atoms with E-state index in [1.54, 1.807) is 13.0 Å². The first-order valence-corrected chi connectivity index (χ1v) is 5.21. The SMILES string of the molecule is Cc1cc(F)ccc1CC(=O)c1cnccn1. The van der Waals surface area contributed by atoms with Gasteiger partial charge in [-0.05, 0) is 30.2 Å². The van der Waals surface area contributed by atoms with E-state index >= 15 is 0 Å². The van der Waals surface area contributed by atoms with Crippen molar-refractivity contribution >= 4 is 5.78 Å². The van der Waals surface area contributed by atoms with E-state index in [2.05, 4.69) is 9.97 Å². The molecule has 0 aliphatic carbocycles. The number of carbonyl (C=O) groups is 1. The van der Waals surface area contributed by atoms with E-state index in [1.165, 1.54) is 30.7 Å². The van der Waals surface area contributed by atoms with Gasteiger partial charge in [-0.15, -0.1) is 0 Å². The number of rotatable bonds is 3. The minimum Gasteiger partial charge on any atom is -0.292 e. The number of hydrogen-bond acceptors (Lipinski definition) is 3. The molecular weight excluding hydrogens is 219 g/mol. The third-order valence-electron chi connectivity index (χ3n) is 2.50. The van der Waals surface area contributed by atoms with Crippen molar-refractivity contribution in [2.45, 2.75) is 13.3 Å². The Balaban J connectivity index is 2.19. The van der Waals surface area contributed by atoms with Crippen molar-refractivity contribution in [1.82, 2.24) is 9.97 Å². The van der Waals surface area contributed by atoms with Gasteiger partial charge in [0.05, 0.1) is 6.20 Å². The highest BCUT2D eigenvalue weighted by Crippen LogP contribution is 2.12. The molecule has 0 aliphatic rings. The topological polar surface area (TPSA) is 42.9 Å². The van der Waals surface area contributed by atoms with E-state index in [0.29, 0.717) is 5.69 Å². The Labute approximate surface area is 98.3 Å². The summed E-state index contributed by atoms with van der Waals surface area (Å²) in [4.78, 5) is 19.6. The molecule has 1 aromatic carbocycles. The first-order chi connectivity index (χ1) is 8.16. The van der Waals surface area contributed by atoms with Gasteiger partial charge in [0.1, 0.15) is 11.5 Å². The molecule has 17 heavy (non-hydrogen) atoms. The lowest BCUT2D eigenvalue weighted by Crippen LogP contribution is -2.07. The number of aromatic nitrogens is 2. The van der Waals surface area contributed by atoms with Gasteiger partial charge in [0.25, 0.3) is 0 Å². The van der Waals surface area contributed by atoms with Crippen molar-refractivity contribution in [2.75, 3.05) is 0 Å². The summed E-state index contributed by atoms with van der Waals surface area (Å²) in [5, 5.41) is 0. The first kappa shape index (κ1) is 11.4. The highest BCUT2D eigenvalue weighted by atomic mass is 19.1. The third kappa shape index (κ3) is 2.72. The lowest BCUT2D eigenvalue weighted by atomic mass is 10.0. The monoisotopic (exact) mass is 230 g/mol. The van der Waals surface area contributed by atoms with Crippen LogP contribution in [-0.4, -0.2) is 15.8 Å². The van der Waals surface area contributed by atoms with Crippen LogP contribution in [0.2, 0.25) is 0 Å². The molecule has 0 N–H and O–H groups in total. The summed E-state index contributed by atoms with van der Waals surface area (Å²) in [5.41, 5.74) is 1.90. The normalized spacial score (nSPS) is 10.2. The Hall–Kier alpha value is -2.10. The molecule has 0 amide bonds. The molecule has 2 rings (SSSR count). The Morgan fingerprint density at radius 2 is 2.18 bits per heavy atom. The van der Waals surface area contributed by atoms with Crippen molar-refractivity contribution in [3.05, 3.63) is 59.4 Å². The fraction of sp³-hybridized carbons (Fsp3) is 0.154. The summed E-state index contributed by atoms with van der Waals surface area (Å²) in [6.07, 6.45) is 4.64. The molecule has 86 valence electrons. The van der Waals surface area contributed by atoms with Gasteiger partial charge in [-0.3, -0.25) is 9.78 Å². The molecule has 0 spiro atoms.